The van der Waals surface area contributed by atoms with Crippen LogP contribution >= 0.6 is 0 Å². The molecule has 0 aliphatic carbocycles. The summed E-state index contributed by atoms with van der Waals surface area (Å²) >= 11 is 0. The molecule has 19 heavy (non-hydrogen) atoms. The number of carbonyl (C=O) groups excluding carboxylic acids is 1. The minimum Gasteiger partial charge on any atom is -0.454 e. The van der Waals surface area contributed by atoms with Crippen molar-refractivity contribution in [3.8, 4) is 11.5 Å². The number of hydrogen-bond donors (Lipinski definition) is 1. The number of ether oxygens (including phenoxy) is 2. The number of nitrogens with zero attached hydrogens (tertiary/aromatic N) is 1. The second-order valence-electron chi connectivity index (χ2n) is 5.14. The van der Waals surface area contributed by atoms with Crippen molar-refractivity contribution in [3.05, 3.63) is 23.8 Å². The van der Waals surface area contributed by atoms with Crippen molar-refractivity contribution < 1.29 is 14.3 Å². The van der Waals surface area contributed by atoms with Crippen LogP contribution in [-0.4, -0.2) is 30.7 Å². The van der Waals surface area contributed by atoms with Gasteiger partial charge in [-0.1, -0.05) is 6.07 Å². The lowest BCUT2D eigenvalue weighted by Gasteiger charge is -2.23. The molecule has 3 rings (SSSR count). The molecule has 1 fully saturated rings. The van der Waals surface area contributed by atoms with Crippen LogP contribution in [0, 0.1) is 5.92 Å². The van der Waals surface area contributed by atoms with Gasteiger partial charge in [0.1, 0.15) is 0 Å². The highest BCUT2D eigenvalue weighted by Crippen LogP contribution is 2.40. The molecule has 2 unspecified atom stereocenters. The molecule has 1 saturated heterocycles. The molecule has 0 spiro atoms. The molecule has 1 amide bonds. The van der Waals surface area contributed by atoms with Crippen molar-refractivity contribution in [1.82, 2.24) is 4.90 Å². The fourth-order valence-electron chi connectivity index (χ4n) is 2.88. The second kappa shape index (κ2) is 4.74. The Morgan fingerprint density at radius 2 is 2.21 bits per heavy atom. The topological polar surface area (TPSA) is 64.8 Å². The highest BCUT2D eigenvalue weighted by molar-refractivity contribution is 5.74. The lowest BCUT2D eigenvalue weighted by Crippen LogP contribution is -2.29. The highest BCUT2D eigenvalue weighted by Gasteiger charge is 2.34. The van der Waals surface area contributed by atoms with Gasteiger partial charge in [-0.15, -0.1) is 0 Å². The molecule has 2 atom stereocenters. The van der Waals surface area contributed by atoms with Crippen molar-refractivity contribution >= 4 is 5.91 Å². The Labute approximate surface area is 112 Å². The van der Waals surface area contributed by atoms with E-state index in [9.17, 15) is 4.79 Å². The maximum Gasteiger partial charge on any atom is 0.231 e. The summed E-state index contributed by atoms with van der Waals surface area (Å²) in [5.41, 5.74) is 6.84. The zero-order chi connectivity index (χ0) is 13.4. The van der Waals surface area contributed by atoms with Crippen LogP contribution in [0.25, 0.3) is 0 Å². The van der Waals surface area contributed by atoms with Gasteiger partial charge in [0, 0.05) is 13.5 Å². The van der Waals surface area contributed by atoms with Crippen LogP contribution in [0.4, 0.5) is 0 Å². The third-order valence-electron chi connectivity index (χ3n) is 3.91. The maximum atomic E-state index is 11.8. The summed E-state index contributed by atoms with van der Waals surface area (Å²) in [7, 11) is 0. The van der Waals surface area contributed by atoms with Crippen molar-refractivity contribution in [2.24, 2.45) is 11.7 Å². The van der Waals surface area contributed by atoms with Crippen LogP contribution in [0.3, 0.4) is 0 Å². The number of likely N-dealkylation sites (tertiary alicyclic amines) is 1. The molecule has 2 aliphatic rings. The summed E-state index contributed by atoms with van der Waals surface area (Å²) in [6, 6.07) is 5.99. The third-order valence-corrected chi connectivity index (χ3v) is 3.91. The first-order valence-electron chi connectivity index (χ1n) is 6.56. The smallest absolute Gasteiger partial charge is 0.231 e. The van der Waals surface area contributed by atoms with E-state index in [-0.39, 0.29) is 18.7 Å². The number of fused-ring (bicyclic) bond motifs is 1. The normalized spacial score (nSPS) is 24.8. The Hall–Kier alpha value is -1.75. The summed E-state index contributed by atoms with van der Waals surface area (Å²) in [6.07, 6.45) is 0.912. The van der Waals surface area contributed by atoms with Crippen LogP contribution in [0.2, 0.25) is 0 Å². The largest absolute Gasteiger partial charge is 0.454 e. The number of nitrogens with two attached hydrogens (primary N) is 1. The molecule has 0 aromatic heterocycles. The Morgan fingerprint density at radius 3 is 2.95 bits per heavy atom. The summed E-state index contributed by atoms with van der Waals surface area (Å²) in [6.45, 7) is 3.24. The van der Waals surface area contributed by atoms with Crippen LogP contribution in [0.5, 0.6) is 11.5 Å². The highest BCUT2D eigenvalue weighted by atomic mass is 16.7. The summed E-state index contributed by atoms with van der Waals surface area (Å²) in [5.74, 6) is 2.00. The van der Waals surface area contributed by atoms with E-state index in [4.69, 9.17) is 15.2 Å². The van der Waals surface area contributed by atoms with Crippen LogP contribution in [0.1, 0.15) is 24.9 Å². The molecule has 0 saturated carbocycles. The van der Waals surface area contributed by atoms with Gasteiger partial charge in [0.05, 0.1) is 6.04 Å². The molecule has 1 aromatic carbocycles. The Balaban J connectivity index is 1.89. The Bertz CT molecular complexity index is 503. The van der Waals surface area contributed by atoms with Gasteiger partial charge in [-0.2, -0.15) is 0 Å². The van der Waals surface area contributed by atoms with E-state index in [2.05, 4.69) is 0 Å². The fraction of sp³-hybridized carbons (Fsp3) is 0.500. The molecular formula is C14H18N2O3. The standard InChI is InChI=1S/C14H18N2O3/c1-9(17)16-7-10(6-15)4-12(16)11-2-3-13-14(5-11)19-8-18-13/h2-3,5,10,12H,4,6-8,15H2,1H3. The molecule has 1 aromatic rings. The minimum absolute atomic E-state index is 0.0959. The zero-order valence-electron chi connectivity index (χ0n) is 11.0. The van der Waals surface area contributed by atoms with E-state index < -0.39 is 0 Å². The van der Waals surface area contributed by atoms with Crippen LogP contribution < -0.4 is 15.2 Å². The predicted octanol–water partition coefficient (Wildman–Crippen LogP) is 1.28. The SMILES string of the molecule is CC(=O)N1CC(CN)CC1c1ccc2c(c1)OCO2. The number of hydrogen-bond acceptors (Lipinski definition) is 4. The summed E-state index contributed by atoms with van der Waals surface area (Å²) in [5, 5.41) is 0. The van der Waals surface area contributed by atoms with Crippen molar-refractivity contribution in [2.75, 3.05) is 19.9 Å². The van der Waals surface area contributed by atoms with Gasteiger partial charge >= 0.3 is 0 Å². The number of carbonyl (C=O) groups is 1. The number of benzene rings is 1. The zero-order valence-corrected chi connectivity index (χ0v) is 11.0. The van der Waals surface area contributed by atoms with Gasteiger partial charge in [0.15, 0.2) is 11.5 Å². The summed E-state index contributed by atoms with van der Waals surface area (Å²) < 4.78 is 10.7. The van der Waals surface area contributed by atoms with Gasteiger partial charge in [-0.05, 0) is 36.6 Å². The maximum absolute atomic E-state index is 11.8. The van der Waals surface area contributed by atoms with E-state index in [1.807, 2.05) is 23.1 Å². The van der Waals surface area contributed by atoms with Crippen molar-refractivity contribution in [3.63, 3.8) is 0 Å². The lowest BCUT2D eigenvalue weighted by molar-refractivity contribution is -0.129. The molecule has 5 nitrogen and oxygen atoms in total. The first-order chi connectivity index (χ1) is 9.19. The molecule has 2 N–H and O–H groups in total. The molecule has 0 radical (unpaired) electrons. The minimum atomic E-state index is 0.0959. The van der Waals surface area contributed by atoms with Crippen molar-refractivity contribution in [2.45, 2.75) is 19.4 Å². The second-order valence-corrected chi connectivity index (χ2v) is 5.14. The molecule has 2 aliphatic heterocycles. The van der Waals surface area contributed by atoms with Crippen molar-refractivity contribution in [1.29, 1.82) is 0 Å². The molecular weight excluding hydrogens is 244 g/mol. The lowest BCUT2D eigenvalue weighted by atomic mass is 9.99. The van der Waals surface area contributed by atoms with Gasteiger partial charge in [0.2, 0.25) is 12.7 Å². The molecule has 0 bridgehead atoms. The van der Waals surface area contributed by atoms with E-state index in [0.717, 1.165) is 30.0 Å². The van der Waals surface area contributed by atoms with E-state index in [0.29, 0.717) is 12.5 Å². The van der Waals surface area contributed by atoms with E-state index >= 15 is 0 Å². The van der Waals surface area contributed by atoms with Crippen LogP contribution in [-0.2, 0) is 4.79 Å². The number of rotatable bonds is 2. The van der Waals surface area contributed by atoms with E-state index in [1.54, 1.807) is 6.92 Å². The first kappa shape index (κ1) is 12.3. The number of amides is 1. The quantitative estimate of drug-likeness (QED) is 0.872. The third kappa shape index (κ3) is 2.14. The Kier molecular flexibility index (Phi) is 3.06. The van der Waals surface area contributed by atoms with Crippen LogP contribution in [0.15, 0.2) is 18.2 Å². The average Bonchev–Trinajstić information content (AvgIpc) is 3.04. The first-order valence-corrected chi connectivity index (χ1v) is 6.56. The molecule has 102 valence electrons. The monoisotopic (exact) mass is 262 g/mol. The Morgan fingerprint density at radius 1 is 1.42 bits per heavy atom. The molecule has 2 heterocycles. The van der Waals surface area contributed by atoms with Gasteiger partial charge in [0.25, 0.3) is 0 Å². The van der Waals surface area contributed by atoms with Gasteiger partial charge in [-0.25, -0.2) is 0 Å². The fourth-order valence-corrected chi connectivity index (χ4v) is 2.88. The van der Waals surface area contributed by atoms with Gasteiger partial charge < -0.3 is 20.1 Å². The average molecular weight is 262 g/mol. The molecule has 5 heteroatoms. The van der Waals surface area contributed by atoms with Gasteiger partial charge in [-0.3, -0.25) is 4.79 Å². The predicted molar refractivity (Wildman–Crippen MR) is 69.9 cm³/mol. The van der Waals surface area contributed by atoms with E-state index in [1.165, 1.54) is 0 Å². The summed E-state index contributed by atoms with van der Waals surface area (Å²) in [4.78, 5) is 13.7.